The molecule has 5 nitrogen and oxygen atoms in total. The van der Waals surface area contributed by atoms with Crippen molar-refractivity contribution >= 4 is 5.91 Å². The molecule has 1 amide bonds. The van der Waals surface area contributed by atoms with Crippen molar-refractivity contribution in [2.24, 2.45) is 0 Å². The van der Waals surface area contributed by atoms with Gasteiger partial charge >= 0.3 is 6.18 Å². The minimum atomic E-state index is -5.14. The van der Waals surface area contributed by atoms with Gasteiger partial charge in [0.25, 0.3) is 11.5 Å². The number of halogens is 3. The number of aliphatic hydroxyl groups is 1. The van der Waals surface area contributed by atoms with Gasteiger partial charge < -0.3 is 15.0 Å². The van der Waals surface area contributed by atoms with Gasteiger partial charge in [-0.1, -0.05) is 29.8 Å². The Labute approximate surface area is 137 Å². The standard InChI is InChI=1S/C16H18F3N3O2/c1-11-3-5-13(6-4-11)15(24,16(17,18)19)14(23)21-8-10-22-9-7-20-12(22)2/h3-7,9,24H,8,10H2,1-2H3,(H,21,23). The molecule has 0 aliphatic heterocycles. The monoisotopic (exact) mass is 341 g/mol. The van der Waals surface area contributed by atoms with Gasteiger partial charge in [-0.15, -0.1) is 0 Å². The summed E-state index contributed by atoms with van der Waals surface area (Å²) in [6.07, 6.45) is -1.94. The van der Waals surface area contributed by atoms with Crippen molar-refractivity contribution in [3.8, 4) is 0 Å². The lowest BCUT2D eigenvalue weighted by Crippen LogP contribution is -2.54. The molecule has 0 radical (unpaired) electrons. The molecule has 0 bridgehead atoms. The number of carbonyl (C=O) groups excluding carboxylic acids is 1. The summed E-state index contributed by atoms with van der Waals surface area (Å²) in [4.78, 5) is 16.1. The van der Waals surface area contributed by atoms with Crippen LogP contribution in [0.2, 0.25) is 0 Å². The summed E-state index contributed by atoms with van der Waals surface area (Å²) in [6.45, 7) is 3.61. The number of alkyl halides is 3. The molecule has 0 saturated carbocycles. The van der Waals surface area contributed by atoms with E-state index in [4.69, 9.17) is 0 Å². The van der Waals surface area contributed by atoms with E-state index in [9.17, 15) is 23.1 Å². The number of carbonyl (C=O) groups is 1. The zero-order chi connectivity index (χ0) is 18.0. The molecule has 8 heteroatoms. The first kappa shape index (κ1) is 18.0. The Kier molecular flexibility index (Phi) is 4.98. The van der Waals surface area contributed by atoms with Gasteiger partial charge in [0.05, 0.1) is 0 Å². The van der Waals surface area contributed by atoms with Crippen LogP contribution in [-0.4, -0.2) is 33.3 Å². The van der Waals surface area contributed by atoms with Crippen LogP contribution >= 0.6 is 0 Å². The normalized spacial score (nSPS) is 14.2. The molecular weight excluding hydrogens is 323 g/mol. The van der Waals surface area contributed by atoms with E-state index in [-0.39, 0.29) is 13.1 Å². The van der Waals surface area contributed by atoms with Gasteiger partial charge in [0.1, 0.15) is 5.82 Å². The molecule has 0 saturated heterocycles. The molecule has 0 aliphatic rings. The Morgan fingerprint density at radius 1 is 1.25 bits per heavy atom. The number of aryl methyl sites for hydroxylation is 2. The van der Waals surface area contributed by atoms with Crippen molar-refractivity contribution in [2.45, 2.75) is 32.2 Å². The van der Waals surface area contributed by atoms with Crippen molar-refractivity contribution < 1.29 is 23.1 Å². The van der Waals surface area contributed by atoms with Crippen molar-refractivity contribution in [1.29, 1.82) is 0 Å². The second kappa shape index (κ2) is 6.64. The lowest BCUT2D eigenvalue weighted by Gasteiger charge is -2.29. The number of benzene rings is 1. The first-order chi connectivity index (χ1) is 11.2. The quantitative estimate of drug-likeness (QED) is 0.875. The number of nitrogens with one attached hydrogen (secondary N) is 1. The van der Waals surface area contributed by atoms with E-state index in [2.05, 4.69) is 10.3 Å². The van der Waals surface area contributed by atoms with Gasteiger partial charge in [0.2, 0.25) is 0 Å². The first-order valence-corrected chi connectivity index (χ1v) is 7.28. The summed E-state index contributed by atoms with van der Waals surface area (Å²) >= 11 is 0. The Morgan fingerprint density at radius 3 is 2.38 bits per heavy atom. The van der Waals surface area contributed by atoms with E-state index in [0.717, 1.165) is 17.7 Å². The highest BCUT2D eigenvalue weighted by Crippen LogP contribution is 2.39. The smallest absolute Gasteiger partial charge is 0.369 e. The van der Waals surface area contributed by atoms with Gasteiger partial charge in [-0.05, 0) is 13.8 Å². The minimum Gasteiger partial charge on any atom is -0.369 e. The molecule has 130 valence electrons. The summed E-state index contributed by atoms with van der Waals surface area (Å²) in [6, 6.07) is 5.02. The molecular formula is C16H18F3N3O2. The van der Waals surface area contributed by atoms with Crippen LogP contribution in [0.5, 0.6) is 0 Å². The second-order valence-electron chi connectivity index (χ2n) is 5.50. The van der Waals surface area contributed by atoms with Crippen LogP contribution in [0.25, 0.3) is 0 Å². The van der Waals surface area contributed by atoms with E-state index >= 15 is 0 Å². The van der Waals surface area contributed by atoms with Crippen LogP contribution < -0.4 is 5.32 Å². The van der Waals surface area contributed by atoms with E-state index in [1.54, 1.807) is 30.8 Å². The van der Waals surface area contributed by atoms with E-state index in [1.807, 2.05) is 0 Å². The third kappa shape index (κ3) is 3.43. The molecule has 1 heterocycles. The van der Waals surface area contributed by atoms with Gasteiger partial charge in [0, 0.05) is 31.0 Å². The highest BCUT2D eigenvalue weighted by molar-refractivity contribution is 5.87. The number of aromatic nitrogens is 2. The van der Waals surface area contributed by atoms with E-state index in [0.29, 0.717) is 5.82 Å². The third-order valence-corrected chi connectivity index (χ3v) is 3.77. The maximum absolute atomic E-state index is 13.4. The van der Waals surface area contributed by atoms with Crippen LogP contribution in [0.1, 0.15) is 17.0 Å². The van der Waals surface area contributed by atoms with Crippen molar-refractivity contribution in [3.63, 3.8) is 0 Å². The molecule has 1 aromatic carbocycles. The number of hydrogen-bond acceptors (Lipinski definition) is 3. The summed E-state index contributed by atoms with van der Waals surface area (Å²) in [5.41, 5.74) is -3.39. The number of rotatable bonds is 5. The number of amides is 1. The van der Waals surface area contributed by atoms with Crippen LogP contribution in [0, 0.1) is 13.8 Å². The maximum atomic E-state index is 13.4. The minimum absolute atomic E-state index is 0.0692. The molecule has 2 aromatic rings. The lowest BCUT2D eigenvalue weighted by molar-refractivity contribution is -0.257. The summed E-state index contributed by atoms with van der Waals surface area (Å²) < 4.78 is 41.8. The predicted molar refractivity (Wildman–Crippen MR) is 81.1 cm³/mol. The maximum Gasteiger partial charge on any atom is 0.430 e. The summed E-state index contributed by atoms with van der Waals surface area (Å²) in [5, 5.41) is 12.3. The van der Waals surface area contributed by atoms with Crippen molar-refractivity contribution in [3.05, 3.63) is 53.6 Å². The molecule has 1 aromatic heterocycles. The fourth-order valence-electron chi connectivity index (χ4n) is 2.28. The van der Waals surface area contributed by atoms with E-state index in [1.165, 1.54) is 12.1 Å². The Morgan fingerprint density at radius 2 is 1.88 bits per heavy atom. The average molecular weight is 341 g/mol. The van der Waals surface area contributed by atoms with Gasteiger partial charge in [0.15, 0.2) is 0 Å². The molecule has 1 unspecified atom stereocenters. The van der Waals surface area contributed by atoms with Crippen molar-refractivity contribution in [2.75, 3.05) is 6.54 Å². The Hall–Kier alpha value is -2.35. The largest absolute Gasteiger partial charge is 0.430 e. The number of nitrogens with zero attached hydrogens (tertiary/aromatic N) is 2. The fourth-order valence-corrected chi connectivity index (χ4v) is 2.28. The van der Waals surface area contributed by atoms with Crippen LogP contribution in [0.4, 0.5) is 13.2 Å². The molecule has 24 heavy (non-hydrogen) atoms. The Balaban J connectivity index is 2.17. The fraction of sp³-hybridized carbons (Fsp3) is 0.375. The predicted octanol–water partition coefficient (Wildman–Crippen LogP) is 2.07. The SMILES string of the molecule is Cc1ccc(C(O)(C(=O)NCCn2ccnc2C)C(F)(F)F)cc1. The number of hydrogen-bond donors (Lipinski definition) is 2. The van der Waals surface area contributed by atoms with Crippen molar-refractivity contribution in [1.82, 2.24) is 14.9 Å². The highest BCUT2D eigenvalue weighted by atomic mass is 19.4. The molecule has 0 spiro atoms. The lowest BCUT2D eigenvalue weighted by atomic mass is 9.91. The highest BCUT2D eigenvalue weighted by Gasteiger charge is 2.60. The van der Waals surface area contributed by atoms with E-state index < -0.39 is 23.2 Å². The second-order valence-corrected chi connectivity index (χ2v) is 5.50. The molecule has 2 N–H and O–H groups in total. The van der Waals surface area contributed by atoms with Crippen LogP contribution in [-0.2, 0) is 16.9 Å². The molecule has 0 fully saturated rings. The molecule has 1 atom stereocenters. The zero-order valence-electron chi connectivity index (χ0n) is 13.3. The van der Waals surface area contributed by atoms with Gasteiger partial charge in [-0.3, -0.25) is 4.79 Å². The third-order valence-electron chi connectivity index (χ3n) is 3.77. The number of imidazole rings is 1. The topological polar surface area (TPSA) is 67.2 Å². The zero-order valence-corrected chi connectivity index (χ0v) is 13.3. The van der Waals surface area contributed by atoms with Gasteiger partial charge in [-0.25, -0.2) is 4.98 Å². The first-order valence-electron chi connectivity index (χ1n) is 7.28. The van der Waals surface area contributed by atoms with Crippen LogP contribution in [0.15, 0.2) is 36.7 Å². The summed E-state index contributed by atoms with van der Waals surface area (Å²) in [5.74, 6) is -0.828. The molecule has 2 rings (SSSR count). The average Bonchev–Trinajstić information content (AvgIpc) is 2.91. The Bertz CT molecular complexity index is 710. The summed E-state index contributed by atoms with van der Waals surface area (Å²) in [7, 11) is 0. The van der Waals surface area contributed by atoms with Gasteiger partial charge in [-0.2, -0.15) is 13.2 Å². The van der Waals surface area contributed by atoms with Crippen LogP contribution in [0.3, 0.4) is 0 Å². The molecule has 0 aliphatic carbocycles.